The van der Waals surface area contributed by atoms with Crippen LogP contribution in [0.3, 0.4) is 0 Å². The van der Waals surface area contributed by atoms with Crippen LogP contribution in [-0.4, -0.2) is 38.0 Å². The zero-order valence-electron chi connectivity index (χ0n) is 20.1. The lowest BCUT2D eigenvalue weighted by Gasteiger charge is -2.13. The summed E-state index contributed by atoms with van der Waals surface area (Å²) in [7, 11) is 0. The number of ether oxygens (including phenoxy) is 1. The Labute approximate surface area is 207 Å². The third-order valence-electron chi connectivity index (χ3n) is 6.01. The van der Waals surface area contributed by atoms with E-state index in [1.54, 1.807) is 30.7 Å². The first-order valence-electron chi connectivity index (χ1n) is 11.5. The van der Waals surface area contributed by atoms with Gasteiger partial charge in [-0.3, -0.25) is 19.3 Å². The van der Waals surface area contributed by atoms with Crippen LogP contribution in [0, 0.1) is 20.8 Å². The SMILES string of the molecule is CCOC(=O)CC1N=C(c2ccc(Nc3cccnc3)cc2)c2c(sc(C)c2C)-n2c(C)nnc21. The Hall–Kier alpha value is -3.85. The van der Waals surface area contributed by atoms with Gasteiger partial charge in [-0.15, -0.1) is 21.5 Å². The van der Waals surface area contributed by atoms with Gasteiger partial charge in [-0.25, -0.2) is 0 Å². The van der Waals surface area contributed by atoms with Crippen LogP contribution < -0.4 is 5.32 Å². The summed E-state index contributed by atoms with van der Waals surface area (Å²) in [4.78, 5) is 23.0. The third kappa shape index (κ3) is 4.35. The number of benzene rings is 1. The number of thiophene rings is 1. The van der Waals surface area contributed by atoms with Gasteiger partial charge in [0.1, 0.15) is 16.9 Å². The Bertz CT molecular complexity index is 1410. The van der Waals surface area contributed by atoms with Crippen LogP contribution >= 0.6 is 11.3 Å². The molecule has 8 nitrogen and oxygen atoms in total. The van der Waals surface area contributed by atoms with Gasteiger partial charge in [-0.2, -0.15) is 0 Å². The quantitative estimate of drug-likeness (QED) is 0.375. The van der Waals surface area contributed by atoms with Crippen molar-refractivity contribution in [2.45, 2.75) is 40.2 Å². The highest BCUT2D eigenvalue weighted by molar-refractivity contribution is 7.15. The number of carbonyl (C=O) groups excluding carboxylic acids is 1. The minimum Gasteiger partial charge on any atom is -0.466 e. The zero-order valence-corrected chi connectivity index (χ0v) is 20.9. The average molecular weight is 487 g/mol. The van der Waals surface area contributed by atoms with E-state index < -0.39 is 6.04 Å². The minimum atomic E-state index is -0.502. The third-order valence-corrected chi connectivity index (χ3v) is 7.21. The van der Waals surface area contributed by atoms with Gasteiger partial charge in [0.05, 0.1) is 30.6 Å². The van der Waals surface area contributed by atoms with Gasteiger partial charge >= 0.3 is 5.97 Å². The zero-order chi connectivity index (χ0) is 24.5. The van der Waals surface area contributed by atoms with Crippen LogP contribution in [0.25, 0.3) is 5.00 Å². The van der Waals surface area contributed by atoms with Crippen LogP contribution in [0.4, 0.5) is 11.4 Å². The molecule has 0 saturated carbocycles. The minimum absolute atomic E-state index is 0.100. The van der Waals surface area contributed by atoms with E-state index in [1.807, 2.05) is 47.9 Å². The van der Waals surface area contributed by atoms with Crippen molar-refractivity contribution in [3.8, 4) is 5.00 Å². The van der Waals surface area contributed by atoms with Gasteiger partial charge in [-0.05, 0) is 57.5 Å². The summed E-state index contributed by atoms with van der Waals surface area (Å²) in [5, 5.41) is 13.1. The molecule has 0 bridgehead atoms. The molecule has 4 aromatic rings. The van der Waals surface area contributed by atoms with Crippen LogP contribution in [0.2, 0.25) is 0 Å². The molecule has 1 aromatic carbocycles. The second-order valence-electron chi connectivity index (χ2n) is 8.35. The molecule has 178 valence electrons. The number of aryl methyl sites for hydroxylation is 2. The van der Waals surface area contributed by atoms with E-state index >= 15 is 0 Å². The maximum atomic E-state index is 12.5. The molecular weight excluding hydrogens is 460 g/mol. The average Bonchev–Trinajstić information content (AvgIpc) is 3.33. The number of nitrogens with one attached hydrogen (secondary N) is 1. The van der Waals surface area contributed by atoms with Gasteiger partial charge < -0.3 is 10.1 Å². The highest BCUT2D eigenvalue weighted by atomic mass is 32.1. The Kier molecular flexibility index (Phi) is 6.17. The van der Waals surface area contributed by atoms with E-state index in [0.29, 0.717) is 12.4 Å². The number of anilines is 2. The van der Waals surface area contributed by atoms with Crippen molar-refractivity contribution in [2.75, 3.05) is 11.9 Å². The summed E-state index contributed by atoms with van der Waals surface area (Å²) < 4.78 is 7.29. The monoisotopic (exact) mass is 486 g/mol. The Morgan fingerprint density at radius 2 is 1.91 bits per heavy atom. The van der Waals surface area contributed by atoms with Crippen molar-refractivity contribution in [3.63, 3.8) is 0 Å². The van der Waals surface area contributed by atoms with Gasteiger partial charge in [0.15, 0.2) is 5.82 Å². The summed E-state index contributed by atoms with van der Waals surface area (Å²) in [6, 6.07) is 11.5. The number of rotatable bonds is 6. The standard InChI is InChI=1S/C26H26N6O2S/c1-5-34-22(33)13-21-25-31-30-17(4)32(25)26-23(15(2)16(3)35-26)24(29-21)18-8-10-19(11-9-18)28-20-7-6-12-27-14-20/h6-12,14,21,28H,5,13H2,1-4H3. The van der Waals surface area contributed by atoms with E-state index in [0.717, 1.165) is 44.6 Å². The van der Waals surface area contributed by atoms with E-state index in [2.05, 4.69) is 34.3 Å². The molecule has 0 amide bonds. The van der Waals surface area contributed by atoms with Crippen molar-refractivity contribution < 1.29 is 9.53 Å². The van der Waals surface area contributed by atoms with E-state index in [-0.39, 0.29) is 12.4 Å². The largest absolute Gasteiger partial charge is 0.466 e. The number of aromatic nitrogens is 4. The summed E-state index contributed by atoms with van der Waals surface area (Å²) in [5.41, 5.74) is 5.89. The van der Waals surface area contributed by atoms with Crippen LogP contribution in [0.1, 0.15) is 52.6 Å². The number of fused-ring (bicyclic) bond motifs is 3. The fourth-order valence-electron chi connectivity index (χ4n) is 4.22. The first-order valence-corrected chi connectivity index (χ1v) is 12.3. The molecule has 1 unspecified atom stereocenters. The molecule has 1 aliphatic rings. The van der Waals surface area contributed by atoms with Crippen molar-refractivity contribution in [1.82, 2.24) is 19.7 Å². The normalized spacial score (nSPS) is 14.5. The van der Waals surface area contributed by atoms with Crippen molar-refractivity contribution in [1.29, 1.82) is 0 Å². The van der Waals surface area contributed by atoms with E-state index in [1.165, 1.54) is 4.88 Å². The Balaban J connectivity index is 1.60. The first kappa shape index (κ1) is 22.9. The highest BCUT2D eigenvalue weighted by Crippen LogP contribution is 2.39. The molecule has 3 aromatic heterocycles. The van der Waals surface area contributed by atoms with Gasteiger partial charge in [0.2, 0.25) is 0 Å². The number of carbonyl (C=O) groups is 1. The summed E-state index contributed by atoms with van der Waals surface area (Å²) in [6.45, 7) is 8.28. The van der Waals surface area contributed by atoms with Crippen LogP contribution in [0.15, 0.2) is 53.8 Å². The molecule has 0 fully saturated rings. The molecule has 5 rings (SSSR count). The fraction of sp³-hybridized carbons (Fsp3) is 0.269. The molecule has 35 heavy (non-hydrogen) atoms. The van der Waals surface area contributed by atoms with Crippen molar-refractivity contribution in [2.24, 2.45) is 4.99 Å². The molecule has 4 heterocycles. The predicted octanol–water partition coefficient (Wildman–Crippen LogP) is 5.24. The van der Waals surface area contributed by atoms with Crippen molar-refractivity contribution in [3.05, 3.63) is 82.0 Å². The molecule has 1 atom stereocenters. The van der Waals surface area contributed by atoms with E-state index in [4.69, 9.17) is 9.73 Å². The number of hydrogen-bond donors (Lipinski definition) is 1. The molecule has 0 radical (unpaired) electrons. The number of esters is 1. The Morgan fingerprint density at radius 1 is 1.11 bits per heavy atom. The van der Waals surface area contributed by atoms with Crippen LogP contribution in [0.5, 0.6) is 0 Å². The fourth-order valence-corrected chi connectivity index (χ4v) is 5.43. The molecular formula is C26H26N6O2S. The smallest absolute Gasteiger partial charge is 0.308 e. The molecule has 1 aliphatic heterocycles. The summed E-state index contributed by atoms with van der Waals surface area (Å²) in [6.07, 6.45) is 3.63. The second kappa shape index (κ2) is 9.42. The Morgan fingerprint density at radius 3 is 2.63 bits per heavy atom. The second-order valence-corrected chi connectivity index (χ2v) is 9.55. The lowest BCUT2D eigenvalue weighted by molar-refractivity contribution is -0.143. The number of nitrogens with zero attached hydrogens (tertiary/aromatic N) is 5. The lowest BCUT2D eigenvalue weighted by Crippen LogP contribution is -2.13. The molecule has 0 aliphatic carbocycles. The maximum absolute atomic E-state index is 12.5. The molecule has 0 spiro atoms. The number of hydrogen-bond acceptors (Lipinski definition) is 8. The topological polar surface area (TPSA) is 94.3 Å². The van der Waals surface area contributed by atoms with Gasteiger partial charge in [-0.1, -0.05) is 12.1 Å². The van der Waals surface area contributed by atoms with Crippen molar-refractivity contribution >= 4 is 34.4 Å². The van der Waals surface area contributed by atoms with Gasteiger partial charge in [0, 0.05) is 27.9 Å². The maximum Gasteiger partial charge on any atom is 0.308 e. The van der Waals surface area contributed by atoms with Crippen LogP contribution in [-0.2, 0) is 9.53 Å². The van der Waals surface area contributed by atoms with E-state index in [9.17, 15) is 4.79 Å². The number of aliphatic imine (C=N–C) groups is 1. The molecule has 1 N–H and O–H groups in total. The van der Waals surface area contributed by atoms with Gasteiger partial charge in [0.25, 0.3) is 0 Å². The summed E-state index contributed by atoms with van der Waals surface area (Å²) in [5.74, 6) is 1.12. The lowest BCUT2D eigenvalue weighted by atomic mass is 9.99. The predicted molar refractivity (Wildman–Crippen MR) is 137 cm³/mol. The number of pyridine rings is 1. The highest BCUT2D eigenvalue weighted by Gasteiger charge is 2.32. The molecule has 9 heteroatoms. The summed E-state index contributed by atoms with van der Waals surface area (Å²) >= 11 is 1.69. The first-order chi connectivity index (χ1) is 17.0. The molecule has 0 saturated heterocycles.